The minimum Gasteiger partial charge on any atom is -0.480 e. The topological polar surface area (TPSA) is 142 Å². The minimum absolute atomic E-state index is 0.145. The summed E-state index contributed by atoms with van der Waals surface area (Å²) in [6, 6.07) is 0.248. The summed E-state index contributed by atoms with van der Waals surface area (Å²) in [5.74, 6) is -2.51. The molecule has 2 unspecified atom stereocenters. The zero-order chi connectivity index (χ0) is 16.5. The van der Waals surface area contributed by atoms with Crippen LogP contribution in [0.5, 0.6) is 0 Å². The van der Waals surface area contributed by atoms with E-state index in [1.807, 2.05) is 0 Å². The maximum atomic E-state index is 12.1. The molecule has 0 saturated heterocycles. The summed E-state index contributed by atoms with van der Waals surface area (Å²) in [4.78, 5) is 36.9. The van der Waals surface area contributed by atoms with E-state index >= 15 is 0 Å². The average Bonchev–Trinajstić information content (AvgIpc) is 2.98. The normalized spacial score (nSPS) is 12.8. The predicted octanol–water partition coefficient (Wildman–Crippen LogP) is 0.186. The van der Waals surface area contributed by atoms with Crippen LogP contribution >= 0.6 is 0 Å². The average molecular weight is 309 g/mol. The SMILES string of the molecule is COC(C(=O)NC(CCC(=O)C=[N+]=[N-])C(=O)O)c1ccoc1. The Labute approximate surface area is 125 Å². The molecule has 0 aliphatic rings. The number of carboxylic acid groups (broad SMARTS) is 1. The lowest BCUT2D eigenvalue weighted by molar-refractivity contribution is -0.144. The molecule has 0 spiro atoms. The van der Waals surface area contributed by atoms with Crippen molar-refractivity contribution in [2.24, 2.45) is 0 Å². The highest BCUT2D eigenvalue weighted by Gasteiger charge is 2.27. The van der Waals surface area contributed by atoms with Gasteiger partial charge in [-0.05, 0) is 12.5 Å². The number of carbonyl (C=O) groups is 3. The Bertz CT molecular complexity index is 577. The monoisotopic (exact) mass is 309 g/mol. The fourth-order valence-corrected chi connectivity index (χ4v) is 1.74. The van der Waals surface area contributed by atoms with Gasteiger partial charge in [0.15, 0.2) is 6.10 Å². The van der Waals surface area contributed by atoms with Crippen molar-refractivity contribution in [3.05, 3.63) is 29.7 Å². The lowest BCUT2D eigenvalue weighted by Gasteiger charge is -2.18. The first-order valence-electron chi connectivity index (χ1n) is 6.28. The third kappa shape index (κ3) is 4.97. The van der Waals surface area contributed by atoms with Gasteiger partial charge in [-0.15, -0.1) is 0 Å². The molecule has 0 aromatic carbocycles. The van der Waals surface area contributed by atoms with Gasteiger partial charge in [0.25, 0.3) is 5.91 Å². The number of rotatable bonds is 9. The summed E-state index contributed by atoms with van der Waals surface area (Å²) in [6.45, 7) is 0. The number of methoxy groups -OCH3 is 1. The molecule has 1 amide bonds. The molecular weight excluding hydrogens is 294 g/mol. The van der Waals surface area contributed by atoms with Gasteiger partial charge in [-0.2, -0.15) is 4.79 Å². The second-order valence-electron chi connectivity index (χ2n) is 4.32. The highest BCUT2D eigenvalue weighted by Crippen LogP contribution is 2.17. The first-order chi connectivity index (χ1) is 10.5. The zero-order valence-corrected chi connectivity index (χ0v) is 11.8. The van der Waals surface area contributed by atoms with Crippen molar-refractivity contribution in [3.8, 4) is 0 Å². The van der Waals surface area contributed by atoms with Crippen molar-refractivity contribution in [3.63, 3.8) is 0 Å². The number of Topliss-reactive ketones (excluding diaryl/α,β-unsaturated/α-hetero) is 1. The molecule has 1 heterocycles. The highest BCUT2D eigenvalue weighted by atomic mass is 16.5. The second kappa shape index (κ2) is 8.50. The molecule has 9 nitrogen and oxygen atoms in total. The quantitative estimate of drug-likeness (QED) is 0.378. The smallest absolute Gasteiger partial charge is 0.326 e. The number of hydrogen-bond acceptors (Lipinski definition) is 5. The molecule has 0 saturated carbocycles. The molecule has 1 aromatic rings. The number of ketones is 1. The second-order valence-corrected chi connectivity index (χ2v) is 4.32. The standard InChI is InChI=1S/C13H15N3O6/c1-21-11(8-4-5-22-7-8)12(18)16-10(13(19)20)3-2-9(17)6-15-14/h4-7,10-11H,2-3H2,1H3,(H,16,18)(H,19,20). The van der Waals surface area contributed by atoms with E-state index in [4.69, 9.17) is 19.8 Å². The van der Waals surface area contributed by atoms with Crippen molar-refractivity contribution in [1.82, 2.24) is 5.32 Å². The van der Waals surface area contributed by atoms with Crippen LogP contribution in [-0.2, 0) is 19.1 Å². The molecule has 2 atom stereocenters. The third-order valence-corrected chi connectivity index (χ3v) is 2.82. The Balaban J connectivity index is 2.69. The molecule has 0 aliphatic carbocycles. The summed E-state index contributed by atoms with van der Waals surface area (Å²) in [5, 5.41) is 11.4. The van der Waals surface area contributed by atoms with E-state index < -0.39 is 29.8 Å². The Morgan fingerprint density at radius 2 is 2.27 bits per heavy atom. The van der Waals surface area contributed by atoms with E-state index in [1.54, 1.807) is 0 Å². The molecule has 0 aliphatic heterocycles. The van der Waals surface area contributed by atoms with Crippen LogP contribution in [0, 0.1) is 0 Å². The van der Waals surface area contributed by atoms with E-state index in [0.29, 0.717) is 11.8 Å². The van der Waals surface area contributed by atoms with Crippen LogP contribution in [0.25, 0.3) is 5.53 Å². The van der Waals surface area contributed by atoms with E-state index in [0.717, 1.165) is 0 Å². The highest BCUT2D eigenvalue weighted by molar-refractivity contribution is 6.25. The van der Waals surface area contributed by atoms with Gasteiger partial charge in [-0.25, -0.2) is 4.79 Å². The van der Waals surface area contributed by atoms with E-state index in [9.17, 15) is 14.4 Å². The first kappa shape index (κ1) is 17.3. The number of hydrogen-bond donors (Lipinski definition) is 2. The molecule has 9 heteroatoms. The maximum absolute atomic E-state index is 12.1. The van der Waals surface area contributed by atoms with Crippen LogP contribution in [0.1, 0.15) is 24.5 Å². The van der Waals surface area contributed by atoms with E-state index in [2.05, 4.69) is 10.1 Å². The maximum Gasteiger partial charge on any atom is 0.326 e. The molecule has 0 radical (unpaired) electrons. The number of amides is 1. The van der Waals surface area contributed by atoms with Gasteiger partial charge >= 0.3 is 12.2 Å². The van der Waals surface area contributed by atoms with E-state index in [-0.39, 0.29) is 12.8 Å². The Kier molecular flexibility index (Phi) is 6.68. The molecule has 1 rings (SSSR count). The summed E-state index contributed by atoms with van der Waals surface area (Å²) in [6.07, 6.45) is 1.99. The molecule has 22 heavy (non-hydrogen) atoms. The molecule has 2 N–H and O–H groups in total. The van der Waals surface area contributed by atoms with Crippen molar-refractivity contribution in [2.75, 3.05) is 7.11 Å². The lowest BCUT2D eigenvalue weighted by Crippen LogP contribution is -2.43. The fourth-order valence-electron chi connectivity index (χ4n) is 1.74. The van der Waals surface area contributed by atoms with Crippen LogP contribution in [0.15, 0.2) is 23.0 Å². The van der Waals surface area contributed by atoms with Crippen LogP contribution < -0.4 is 5.32 Å². The number of ether oxygens (including phenoxy) is 1. The Hall–Kier alpha value is -2.77. The lowest BCUT2D eigenvalue weighted by atomic mass is 10.1. The van der Waals surface area contributed by atoms with Gasteiger partial charge < -0.3 is 25.1 Å². The van der Waals surface area contributed by atoms with Crippen LogP contribution in [-0.4, -0.2) is 46.9 Å². The van der Waals surface area contributed by atoms with Crippen molar-refractivity contribution in [1.29, 1.82) is 0 Å². The summed E-state index contributed by atoms with van der Waals surface area (Å²) < 4.78 is 9.86. The van der Waals surface area contributed by atoms with E-state index in [1.165, 1.54) is 25.7 Å². The first-order valence-corrected chi connectivity index (χ1v) is 6.28. The molecular formula is C13H15N3O6. The van der Waals surface area contributed by atoms with Gasteiger partial charge in [0.1, 0.15) is 6.04 Å². The molecule has 1 aromatic heterocycles. The van der Waals surface area contributed by atoms with Gasteiger partial charge in [-0.3, -0.25) is 9.59 Å². The molecule has 0 bridgehead atoms. The largest absolute Gasteiger partial charge is 0.480 e. The van der Waals surface area contributed by atoms with Crippen LogP contribution in [0.4, 0.5) is 0 Å². The third-order valence-electron chi connectivity index (χ3n) is 2.82. The summed E-state index contributed by atoms with van der Waals surface area (Å²) >= 11 is 0. The Morgan fingerprint density at radius 1 is 1.55 bits per heavy atom. The number of carbonyl (C=O) groups excluding carboxylic acids is 2. The number of aliphatic carboxylic acids is 1. The number of nitrogens with one attached hydrogen (secondary N) is 1. The summed E-state index contributed by atoms with van der Waals surface area (Å²) in [5.41, 5.74) is 8.64. The molecule has 0 fully saturated rings. The minimum atomic E-state index is -1.29. The van der Waals surface area contributed by atoms with Crippen LogP contribution in [0.3, 0.4) is 0 Å². The van der Waals surface area contributed by atoms with Crippen LogP contribution in [0.2, 0.25) is 0 Å². The summed E-state index contributed by atoms with van der Waals surface area (Å²) in [7, 11) is 1.30. The van der Waals surface area contributed by atoms with Crippen molar-refractivity contribution >= 4 is 23.9 Å². The number of nitrogens with zero attached hydrogens (tertiary/aromatic N) is 2. The molecule has 118 valence electrons. The Morgan fingerprint density at radius 3 is 2.77 bits per heavy atom. The van der Waals surface area contributed by atoms with Gasteiger partial charge in [0.05, 0.1) is 12.5 Å². The van der Waals surface area contributed by atoms with Gasteiger partial charge in [0.2, 0.25) is 5.78 Å². The van der Waals surface area contributed by atoms with Crippen molar-refractivity contribution in [2.45, 2.75) is 25.0 Å². The zero-order valence-electron chi connectivity index (χ0n) is 11.8. The predicted molar refractivity (Wildman–Crippen MR) is 71.9 cm³/mol. The van der Waals surface area contributed by atoms with Crippen molar-refractivity contribution < 1.29 is 33.4 Å². The van der Waals surface area contributed by atoms with Gasteiger partial charge in [0, 0.05) is 19.1 Å². The number of carboxylic acids is 1. The fraction of sp³-hybridized carbons (Fsp3) is 0.385. The number of furan rings is 1. The van der Waals surface area contributed by atoms with Gasteiger partial charge in [-0.1, -0.05) is 0 Å².